The summed E-state index contributed by atoms with van der Waals surface area (Å²) in [5.74, 6) is 0.0355. The van der Waals surface area contributed by atoms with Gasteiger partial charge in [-0.15, -0.1) is 0 Å². The van der Waals surface area contributed by atoms with Gasteiger partial charge < -0.3 is 9.47 Å². The Bertz CT molecular complexity index is 927. The van der Waals surface area contributed by atoms with Crippen molar-refractivity contribution in [2.45, 2.75) is 4.90 Å². The van der Waals surface area contributed by atoms with Gasteiger partial charge in [-0.25, -0.2) is 17.9 Å². The molecule has 26 heavy (non-hydrogen) atoms. The lowest BCUT2D eigenvalue weighted by Crippen LogP contribution is -2.35. The van der Waals surface area contributed by atoms with Crippen LogP contribution < -0.4 is 19.5 Å². The quantitative estimate of drug-likeness (QED) is 0.765. The molecule has 0 aliphatic heterocycles. The minimum absolute atomic E-state index is 0.0461. The molecule has 9 nitrogen and oxygen atoms in total. The number of hydrogen-bond acceptors (Lipinski definition) is 7. The zero-order valence-electron chi connectivity index (χ0n) is 13.8. The molecule has 0 saturated heterocycles. The first-order valence-electron chi connectivity index (χ1n) is 7.02. The summed E-state index contributed by atoms with van der Waals surface area (Å²) in [5.41, 5.74) is 0.524. The minimum atomic E-state index is -4.23. The van der Waals surface area contributed by atoms with Crippen LogP contribution in [0.4, 0.5) is 10.7 Å². The van der Waals surface area contributed by atoms with Crippen molar-refractivity contribution in [3.63, 3.8) is 0 Å². The van der Waals surface area contributed by atoms with Crippen molar-refractivity contribution >= 4 is 39.7 Å². The molecular formula is C15H15ClN4O5S. The molecule has 2 amide bonds. The van der Waals surface area contributed by atoms with Crippen LogP contribution in [0.3, 0.4) is 0 Å². The number of ether oxygens (including phenoxy) is 2. The molecule has 11 heteroatoms. The number of rotatable bonds is 6. The Kier molecular flexibility index (Phi) is 6.01. The van der Waals surface area contributed by atoms with E-state index >= 15 is 0 Å². The van der Waals surface area contributed by atoms with Crippen molar-refractivity contribution in [1.82, 2.24) is 14.7 Å². The van der Waals surface area contributed by atoms with Gasteiger partial charge in [0.25, 0.3) is 10.0 Å². The van der Waals surface area contributed by atoms with Gasteiger partial charge in [-0.1, -0.05) is 30.3 Å². The first kappa shape index (κ1) is 19.5. The van der Waals surface area contributed by atoms with Crippen LogP contribution in [0.15, 0.2) is 35.7 Å². The van der Waals surface area contributed by atoms with Gasteiger partial charge in [-0.2, -0.15) is 9.97 Å². The summed E-state index contributed by atoms with van der Waals surface area (Å²) >= 11 is 5.92. The Labute approximate surface area is 155 Å². The summed E-state index contributed by atoms with van der Waals surface area (Å²) in [6.07, 6.45) is 1.45. The molecule has 0 saturated carbocycles. The predicted octanol–water partition coefficient (Wildman–Crippen LogP) is 2.30. The molecule has 0 radical (unpaired) electrons. The highest BCUT2D eigenvalue weighted by Gasteiger charge is 2.22. The maximum Gasteiger partial charge on any atom is 0.335 e. The van der Waals surface area contributed by atoms with Crippen molar-refractivity contribution in [2.75, 3.05) is 19.5 Å². The molecular weight excluding hydrogens is 384 g/mol. The Morgan fingerprint density at radius 2 is 1.81 bits per heavy atom. The van der Waals surface area contributed by atoms with Crippen LogP contribution in [0.5, 0.6) is 11.8 Å². The van der Waals surface area contributed by atoms with E-state index in [9.17, 15) is 13.2 Å². The number of aromatic nitrogens is 2. The zero-order chi connectivity index (χ0) is 19.3. The number of nitrogens with zero attached hydrogens (tertiary/aromatic N) is 2. The van der Waals surface area contributed by atoms with Crippen molar-refractivity contribution in [1.29, 1.82) is 0 Å². The third-order valence-corrected chi connectivity index (χ3v) is 4.84. The fourth-order valence-electron chi connectivity index (χ4n) is 1.83. The lowest BCUT2D eigenvalue weighted by atomic mass is 10.2. The first-order chi connectivity index (χ1) is 12.3. The van der Waals surface area contributed by atoms with Gasteiger partial charge >= 0.3 is 6.03 Å². The lowest BCUT2D eigenvalue weighted by molar-refractivity contribution is 0.256. The van der Waals surface area contributed by atoms with Crippen LogP contribution in [0.25, 0.3) is 6.08 Å². The third kappa shape index (κ3) is 4.61. The molecule has 2 aromatic rings. The van der Waals surface area contributed by atoms with E-state index in [1.165, 1.54) is 38.5 Å². The van der Waals surface area contributed by atoms with E-state index in [2.05, 4.69) is 21.9 Å². The number of benzene rings is 1. The number of nitrogens with one attached hydrogen (secondary N) is 2. The summed E-state index contributed by atoms with van der Waals surface area (Å²) in [7, 11) is -1.50. The van der Waals surface area contributed by atoms with E-state index in [0.29, 0.717) is 5.56 Å². The number of hydrogen-bond donors (Lipinski definition) is 2. The molecule has 0 unspecified atom stereocenters. The predicted molar refractivity (Wildman–Crippen MR) is 96.0 cm³/mol. The van der Waals surface area contributed by atoms with Crippen LogP contribution in [-0.2, 0) is 10.0 Å². The van der Waals surface area contributed by atoms with E-state index in [1.54, 1.807) is 6.07 Å². The number of urea groups is 1. The third-order valence-electron chi connectivity index (χ3n) is 3.03. The maximum absolute atomic E-state index is 12.4. The second kappa shape index (κ2) is 8.02. The molecule has 1 aromatic carbocycles. The maximum atomic E-state index is 12.4. The zero-order valence-corrected chi connectivity index (χ0v) is 15.4. The monoisotopic (exact) mass is 398 g/mol. The van der Waals surface area contributed by atoms with E-state index in [-0.39, 0.29) is 27.6 Å². The van der Waals surface area contributed by atoms with Crippen molar-refractivity contribution in [2.24, 2.45) is 0 Å². The number of carbonyl (C=O) groups excluding carboxylic acids is 1. The van der Waals surface area contributed by atoms with Gasteiger partial charge in [-0.05, 0) is 17.7 Å². The molecule has 2 N–H and O–H groups in total. The number of sulfonamides is 1. The summed E-state index contributed by atoms with van der Waals surface area (Å²) in [5, 5.41) is 2.14. The Morgan fingerprint density at radius 1 is 1.19 bits per heavy atom. The average Bonchev–Trinajstić information content (AvgIpc) is 2.60. The van der Waals surface area contributed by atoms with E-state index < -0.39 is 16.1 Å². The molecule has 0 spiro atoms. The van der Waals surface area contributed by atoms with Crippen LogP contribution in [0.1, 0.15) is 5.56 Å². The van der Waals surface area contributed by atoms with Gasteiger partial charge in [-0.3, -0.25) is 5.32 Å². The smallest absolute Gasteiger partial charge is 0.335 e. The fraction of sp³-hybridized carbons (Fsp3) is 0.133. The van der Waals surface area contributed by atoms with E-state index in [4.69, 9.17) is 21.1 Å². The Morgan fingerprint density at radius 3 is 2.35 bits per heavy atom. The second-order valence-electron chi connectivity index (χ2n) is 4.73. The second-order valence-corrected chi connectivity index (χ2v) is 6.79. The van der Waals surface area contributed by atoms with Crippen LogP contribution in [0.2, 0.25) is 5.02 Å². The van der Waals surface area contributed by atoms with Gasteiger partial charge in [0, 0.05) is 0 Å². The van der Waals surface area contributed by atoms with Gasteiger partial charge in [0.15, 0.2) is 0 Å². The van der Waals surface area contributed by atoms with E-state index in [1.807, 2.05) is 4.72 Å². The number of halogens is 1. The summed E-state index contributed by atoms with van der Waals surface area (Å²) in [4.78, 5) is 19.5. The molecule has 0 aliphatic rings. The molecule has 0 aliphatic carbocycles. The van der Waals surface area contributed by atoms with Crippen molar-refractivity contribution in [3.8, 4) is 11.8 Å². The SMILES string of the molecule is C=Cc1ccc(Cl)c(S(=O)(=O)NC(=O)Nc2nc(OC)cc(OC)n2)c1. The van der Waals surface area contributed by atoms with Crippen LogP contribution >= 0.6 is 11.6 Å². The highest BCUT2D eigenvalue weighted by Crippen LogP contribution is 2.23. The molecule has 0 fully saturated rings. The normalized spacial score (nSPS) is 10.7. The van der Waals surface area contributed by atoms with E-state index in [0.717, 1.165) is 0 Å². The highest BCUT2D eigenvalue weighted by molar-refractivity contribution is 7.90. The van der Waals surface area contributed by atoms with Gasteiger partial charge in [0.2, 0.25) is 17.7 Å². The van der Waals surface area contributed by atoms with Crippen molar-refractivity contribution in [3.05, 3.63) is 41.4 Å². The highest BCUT2D eigenvalue weighted by atomic mass is 35.5. The Hall–Kier alpha value is -2.85. The lowest BCUT2D eigenvalue weighted by Gasteiger charge is -2.11. The number of carbonyl (C=O) groups is 1. The topological polar surface area (TPSA) is 120 Å². The summed E-state index contributed by atoms with van der Waals surface area (Å²) < 4.78 is 36.5. The van der Waals surface area contributed by atoms with Gasteiger partial charge in [0.05, 0.1) is 25.3 Å². The first-order valence-corrected chi connectivity index (χ1v) is 8.88. The molecule has 138 valence electrons. The average molecular weight is 399 g/mol. The molecule has 0 bridgehead atoms. The molecule has 2 rings (SSSR count). The minimum Gasteiger partial charge on any atom is -0.481 e. The van der Waals surface area contributed by atoms with Crippen LogP contribution in [-0.4, -0.2) is 38.6 Å². The molecule has 1 aromatic heterocycles. The molecule has 0 atom stereocenters. The van der Waals surface area contributed by atoms with Crippen molar-refractivity contribution < 1.29 is 22.7 Å². The summed E-state index contributed by atoms with van der Waals surface area (Å²) in [6.45, 7) is 3.56. The largest absolute Gasteiger partial charge is 0.481 e. The fourth-order valence-corrected chi connectivity index (χ4v) is 3.27. The van der Waals surface area contributed by atoms with Crippen LogP contribution in [0, 0.1) is 0 Å². The molecule has 1 heterocycles. The Balaban J connectivity index is 2.23. The summed E-state index contributed by atoms with van der Waals surface area (Å²) in [6, 6.07) is 4.57. The number of methoxy groups -OCH3 is 2. The van der Waals surface area contributed by atoms with Gasteiger partial charge in [0.1, 0.15) is 4.90 Å². The number of anilines is 1. The standard InChI is InChI=1S/C15H15ClN4O5S/c1-4-9-5-6-10(16)11(7-9)26(22,23)20-15(21)19-14-17-12(24-2)8-13(18-14)25-3/h4-8H,1H2,2-3H3,(H2,17,18,19,20,21). The number of amides is 2.